The van der Waals surface area contributed by atoms with Crippen molar-refractivity contribution < 1.29 is 4.74 Å². The fourth-order valence-electron chi connectivity index (χ4n) is 2.82. The van der Waals surface area contributed by atoms with E-state index in [1.54, 1.807) is 0 Å². The van der Waals surface area contributed by atoms with Gasteiger partial charge in [0.15, 0.2) is 0 Å². The number of hydrogen-bond acceptors (Lipinski definition) is 4. The Balaban J connectivity index is 1.83. The Labute approximate surface area is 103 Å². The molecule has 0 aliphatic carbocycles. The van der Waals surface area contributed by atoms with Crippen LogP contribution < -0.4 is 5.73 Å². The summed E-state index contributed by atoms with van der Waals surface area (Å²) < 4.78 is 5.46. The molecule has 3 unspecified atom stereocenters. The van der Waals surface area contributed by atoms with Crippen molar-refractivity contribution in [3.05, 3.63) is 0 Å². The Bertz CT molecular complexity index is 209. The molecule has 2 aliphatic rings. The lowest BCUT2D eigenvalue weighted by Crippen LogP contribution is -2.50. The van der Waals surface area contributed by atoms with E-state index < -0.39 is 0 Å². The number of hydrogen-bond donors (Lipinski definition) is 1. The van der Waals surface area contributed by atoms with Gasteiger partial charge in [-0.2, -0.15) is 11.8 Å². The lowest BCUT2D eigenvalue weighted by atomic mass is 9.97. The third-order valence-corrected chi connectivity index (χ3v) is 5.14. The normalized spacial score (nSPS) is 36.8. The molecule has 16 heavy (non-hydrogen) atoms. The summed E-state index contributed by atoms with van der Waals surface area (Å²) in [7, 11) is 1.82. The Morgan fingerprint density at radius 3 is 2.94 bits per heavy atom. The third kappa shape index (κ3) is 3.13. The molecular weight excluding hydrogens is 220 g/mol. The summed E-state index contributed by atoms with van der Waals surface area (Å²) in [5.74, 6) is 3.60. The highest BCUT2D eigenvalue weighted by atomic mass is 32.2. The summed E-state index contributed by atoms with van der Waals surface area (Å²) >= 11 is 2.10. The number of piperidine rings is 1. The van der Waals surface area contributed by atoms with E-state index in [9.17, 15) is 0 Å². The molecular formula is C12H24N2OS. The summed E-state index contributed by atoms with van der Waals surface area (Å²) in [6.07, 6.45) is 4.12. The molecule has 2 heterocycles. The lowest BCUT2D eigenvalue weighted by Gasteiger charge is -2.39. The summed E-state index contributed by atoms with van der Waals surface area (Å²) in [5.41, 5.74) is 5.88. The molecule has 2 N–H and O–H groups in total. The second kappa shape index (κ2) is 6.24. The zero-order chi connectivity index (χ0) is 11.4. The van der Waals surface area contributed by atoms with E-state index in [-0.39, 0.29) is 0 Å². The van der Waals surface area contributed by atoms with Gasteiger partial charge in [0.1, 0.15) is 0 Å². The van der Waals surface area contributed by atoms with Crippen molar-refractivity contribution in [1.29, 1.82) is 0 Å². The molecule has 2 saturated heterocycles. The molecule has 0 aromatic heterocycles. The van der Waals surface area contributed by atoms with E-state index in [0.29, 0.717) is 12.1 Å². The quantitative estimate of drug-likeness (QED) is 0.806. The van der Waals surface area contributed by atoms with Crippen LogP contribution in [-0.4, -0.2) is 55.3 Å². The van der Waals surface area contributed by atoms with Gasteiger partial charge in [0.05, 0.1) is 6.10 Å². The highest BCUT2D eigenvalue weighted by Gasteiger charge is 2.29. The van der Waals surface area contributed by atoms with Gasteiger partial charge in [-0.25, -0.2) is 0 Å². The number of likely N-dealkylation sites (tertiary alicyclic amines) is 1. The smallest absolute Gasteiger partial charge is 0.0599 e. The minimum absolute atomic E-state index is 0.433. The lowest BCUT2D eigenvalue weighted by molar-refractivity contribution is 0.00895. The van der Waals surface area contributed by atoms with Crippen LogP contribution in [0.3, 0.4) is 0 Å². The van der Waals surface area contributed by atoms with Gasteiger partial charge in [-0.05, 0) is 36.7 Å². The summed E-state index contributed by atoms with van der Waals surface area (Å²) in [4.78, 5) is 2.60. The second-order valence-corrected chi connectivity index (χ2v) is 6.15. The van der Waals surface area contributed by atoms with Crippen molar-refractivity contribution in [2.24, 2.45) is 11.7 Å². The number of thioether (sulfide) groups is 1. The first-order chi connectivity index (χ1) is 7.83. The zero-order valence-electron chi connectivity index (χ0n) is 10.2. The average molecular weight is 244 g/mol. The molecule has 0 bridgehead atoms. The van der Waals surface area contributed by atoms with Crippen molar-refractivity contribution in [1.82, 2.24) is 4.90 Å². The van der Waals surface area contributed by atoms with Crippen LogP contribution in [0.25, 0.3) is 0 Å². The first-order valence-electron chi connectivity index (χ1n) is 6.38. The Kier molecular flexibility index (Phi) is 4.95. The number of nitrogens with two attached hydrogens (primary N) is 1. The summed E-state index contributed by atoms with van der Waals surface area (Å²) in [5, 5.41) is 0. The maximum atomic E-state index is 5.88. The molecule has 0 aromatic rings. The molecule has 0 saturated carbocycles. The van der Waals surface area contributed by atoms with Gasteiger partial charge in [-0.15, -0.1) is 0 Å². The summed E-state index contributed by atoms with van der Waals surface area (Å²) in [6, 6.07) is 0.546. The highest BCUT2D eigenvalue weighted by molar-refractivity contribution is 7.99. The van der Waals surface area contributed by atoms with Gasteiger partial charge in [-0.1, -0.05) is 0 Å². The minimum atomic E-state index is 0.433. The Morgan fingerprint density at radius 2 is 2.31 bits per heavy atom. The summed E-state index contributed by atoms with van der Waals surface area (Å²) in [6.45, 7) is 3.20. The van der Waals surface area contributed by atoms with Crippen LogP contribution in [0.2, 0.25) is 0 Å². The molecule has 0 radical (unpaired) electrons. The van der Waals surface area contributed by atoms with Gasteiger partial charge in [0, 0.05) is 32.8 Å². The number of nitrogens with zero attached hydrogens (tertiary/aromatic N) is 1. The van der Waals surface area contributed by atoms with E-state index in [1.807, 2.05) is 7.11 Å². The predicted molar refractivity (Wildman–Crippen MR) is 69.9 cm³/mol. The van der Waals surface area contributed by atoms with Crippen molar-refractivity contribution >= 4 is 11.8 Å². The van der Waals surface area contributed by atoms with Gasteiger partial charge in [0.25, 0.3) is 0 Å². The molecule has 2 fully saturated rings. The van der Waals surface area contributed by atoms with E-state index in [4.69, 9.17) is 10.5 Å². The van der Waals surface area contributed by atoms with Crippen LogP contribution >= 0.6 is 11.8 Å². The number of ether oxygens (including phenoxy) is 1. The standard InChI is InChI=1S/C12H24N2OS/c1-15-12-2-4-14(11(6-12)7-13)8-10-3-5-16-9-10/h10-12H,2-9,13H2,1H3. The number of methoxy groups -OCH3 is 1. The second-order valence-electron chi connectivity index (χ2n) is 5.00. The van der Waals surface area contributed by atoms with Gasteiger partial charge in [0.2, 0.25) is 0 Å². The molecule has 2 aliphatic heterocycles. The van der Waals surface area contributed by atoms with Gasteiger partial charge in [-0.3, -0.25) is 4.90 Å². The van der Waals surface area contributed by atoms with E-state index in [0.717, 1.165) is 18.9 Å². The molecule has 0 aromatic carbocycles. The van der Waals surface area contributed by atoms with Crippen LogP contribution in [0.5, 0.6) is 0 Å². The molecule has 3 atom stereocenters. The Morgan fingerprint density at radius 1 is 1.44 bits per heavy atom. The molecule has 4 heteroatoms. The van der Waals surface area contributed by atoms with Gasteiger partial charge >= 0.3 is 0 Å². The van der Waals surface area contributed by atoms with Crippen LogP contribution in [0.15, 0.2) is 0 Å². The van der Waals surface area contributed by atoms with Crippen LogP contribution in [0.1, 0.15) is 19.3 Å². The molecule has 2 rings (SSSR count). The maximum absolute atomic E-state index is 5.88. The van der Waals surface area contributed by atoms with Crippen LogP contribution in [-0.2, 0) is 4.74 Å². The maximum Gasteiger partial charge on any atom is 0.0599 e. The van der Waals surface area contributed by atoms with E-state index >= 15 is 0 Å². The molecule has 0 spiro atoms. The van der Waals surface area contributed by atoms with Gasteiger partial charge < -0.3 is 10.5 Å². The van der Waals surface area contributed by atoms with Crippen molar-refractivity contribution in [2.45, 2.75) is 31.4 Å². The average Bonchev–Trinajstić information content (AvgIpc) is 2.82. The minimum Gasteiger partial charge on any atom is -0.381 e. The first kappa shape index (κ1) is 12.7. The largest absolute Gasteiger partial charge is 0.381 e. The number of rotatable bonds is 4. The topological polar surface area (TPSA) is 38.5 Å². The van der Waals surface area contributed by atoms with Crippen LogP contribution in [0.4, 0.5) is 0 Å². The third-order valence-electron chi connectivity index (χ3n) is 3.91. The molecule has 0 amide bonds. The first-order valence-corrected chi connectivity index (χ1v) is 7.53. The highest BCUT2D eigenvalue weighted by Crippen LogP contribution is 2.27. The van der Waals surface area contributed by atoms with Crippen molar-refractivity contribution in [3.63, 3.8) is 0 Å². The fraction of sp³-hybridized carbons (Fsp3) is 1.00. The van der Waals surface area contributed by atoms with E-state index in [1.165, 1.54) is 37.4 Å². The van der Waals surface area contributed by atoms with E-state index in [2.05, 4.69) is 16.7 Å². The fourth-order valence-corrected chi connectivity index (χ4v) is 4.09. The predicted octanol–water partition coefficient (Wildman–Crippen LogP) is 1.18. The molecule has 3 nitrogen and oxygen atoms in total. The SMILES string of the molecule is COC1CCN(CC2CCSC2)C(CN)C1. The Hall–Kier alpha value is 0.230. The van der Waals surface area contributed by atoms with Crippen molar-refractivity contribution in [2.75, 3.05) is 38.2 Å². The van der Waals surface area contributed by atoms with Crippen LogP contribution in [0, 0.1) is 5.92 Å². The zero-order valence-corrected chi connectivity index (χ0v) is 11.0. The van der Waals surface area contributed by atoms with Crippen molar-refractivity contribution in [3.8, 4) is 0 Å². The molecule has 94 valence electrons. The monoisotopic (exact) mass is 244 g/mol.